The maximum absolute atomic E-state index is 11.4. The lowest BCUT2D eigenvalue weighted by Crippen LogP contribution is -2.45. The van der Waals surface area contributed by atoms with Crippen molar-refractivity contribution in [3.63, 3.8) is 0 Å². The molecule has 0 radical (unpaired) electrons. The highest BCUT2D eigenvalue weighted by atomic mass is 16.6. The number of imidazole rings is 1. The van der Waals surface area contributed by atoms with Crippen LogP contribution in [0.5, 0.6) is 0 Å². The van der Waals surface area contributed by atoms with Gasteiger partial charge in [-0.15, -0.1) is 12.3 Å². The second kappa shape index (κ2) is 10.8. The van der Waals surface area contributed by atoms with Crippen molar-refractivity contribution in [3.8, 4) is 23.6 Å². The van der Waals surface area contributed by atoms with Crippen LogP contribution >= 0.6 is 0 Å². The molecule has 2 aromatic heterocycles. The van der Waals surface area contributed by atoms with Crippen molar-refractivity contribution in [3.05, 3.63) is 35.7 Å². The Morgan fingerprint density at radius 3 is 2.74 bits per heavy atom. The van der Waals surface area contributed by atoms with Crippen LogP contribution in [0.25, 0.3) is 22.4 Å². The minimum Gasteiger partial charge on any atom is -0.388 e. The smallest absolute Gasteiger partial charge is 0.388 e. The summed E-state index contributed by atoms with van der Waals surface area (Å²) in [6, 6.07) is 8.13. The molecule has 1 unspecified atom stereocenters. The lowest BCUT2D eigenvalue weighted by Gasteiger charge is -2.35. The van der Waals surface area contributed by atoms with E-state index in [1.807, 2.05) is 31.2 Å². The molecule has 1 aliphatic heterocycles. The molecule has 5 rings (SSSR count). The third kappa shape index (κ3) is 5.20. The van der Waals surface area contributed by atoms with E-state index in [1.165, 1.54) is 0 Å². The van der Waals surface area contributed by atoms with E-state index in [4.69, 9.17) is 37.0 Å². The van der Waals surface area contributed by atoms with Gasteiger partial charge in [-0.2, -0.15) is 4.98 Å². The van der Waals surface area contributed by atoms with E-state index in [9.17, 15) is 4.79 Å². The minimum absolute atomic E-state index is 0.0476. The summed E-state index contributed by atoms with van der Waals surface area (Å²) in [5.41, 5.74) is 8.96. The summed E-state index contributed by atoms with van der Waals surface area (Å²) in [5.74, 6) is 3.94. The van der Waals surface area contributed by atoms with Gasteiger partial charge < -0.3 is 24.7 Å². The molecule has 0 spiro atoms. The van der Waals surface area contributed by atoms with Gasteiger partial charge in [-0.25, -0.2) is 14.8 Å². The number of anilines is 1. The maximum Gasteiger partial charge on any atom is 0.411 e. The van der Waals surface area contributed by atoms with Crippen LogP contribution in [0.3, 0.4) is 0 Å². The van der Waals surface area contributed by atoms with E-state index in [0.29, 0.717) is 42.9 Å². The van der Waals surface area contributed by atoms with Crippen LogP contribution in [0.4, 0.5) is 10.7 Å². The topological polar surface area (TPSA) is 132 Å². The number of hydrogen-bond acceptors (Lipinski definition) is 8. The number of nitrogens with zero attached hydrogens (tertiary/aromatic N) is 5. The average Bonchev–Trinajstić information content (AvgIpc) is 3.26. The number of carbonyl (C=O) groups excluding carboxylic acids is 1. The van der Waals surface area contributed by atoms with Crippen molar-refractivity contribution in [2.75, 3.05) is 24.7 Å². The van der Waals surface area contributed by atoms with Gasteiger partial charge in [0, 0.05) is 24.6 Å². The number of aryl methyl sites for hydroxylation is 1. The first-order valence-corrected chi connectivity index (χ1v) is 13.1. The molecule has 10 nitrogen and oxygen atoms in total. The zero-order chi connectivity index (χ0) is 26.8. The number of rotatable bonds is 5. The zero-order valence-corrected chi connectivity index (χ0v) is 21.8. The first kappa shape index (κ1) is 25.7. The molecule has 1 aliphatic carbocycles. The molecule has 2 fully saturated rings. The summed E-state index contributed by atoms with van der Waals surface area (Å²) >= 11 is 0. The van der Waals surface area contributed by atoms with Gasteiger partial charge in [0.2, 0.25) is 11.8 Å². The number of fused-ring (bicyclic) bond motifs is 1. The summed E-state index contributed by atoms with van der Waals surface area (Å²) in [6.45, 7) is 6.81. The van der Waals surface area contributed by atoms with Crippen LogP contribution in [-0.2, 0) is 16.0 Å². The Labute approximate surface area is 222 Å². The largest absolute Gasteiger partial charge is 0.411 e. The van der Waals surface area contributed by atoms with E-state index in [-0.39, 0.29) is 11.9 Å². The Kier molecular flexibility index (Phi) is 7.29. The lowest BCUT2D eigenvalue weighted by molar-refractivity contribution is 0.0976. The molecule has 2 aliphatic rings. The molecule has 1 atom stereocenters. The van der Waals surface area contributed by atoms with Crippen LogP contribution in [0.1, 0.15) is 44.0 Å². The number of primary amides is 1. The SMILES string of the molecule is C#CC1CCC(Cn2c(N3CCOCC3C)nc3nc(C(=N)OC(N)=O)nc(-c4cccc(C)c4)c32)CC1. The Balaban J connectivity index is 1.69. The lowest BCUT2D eigenvalue weighted by atomic mass is 9.82. The predicted octanol–water partition coefficient (Wildman–Crippen LogP) is 3.89. The Bertz CT molecular complexity index is 1400. The quantitative estimate of drug-likeness (QED) is 0.299. The van der Waals surface area contributed by atoms with E-state index in [1.54, 1.807) is 0 Å². The number of aromatic nitrogens is 4. The van der Waals surface area contributed by atoms with Gasteiger partial charge in [-0.1, -0.05) is 23.8 Å². The van der Waals surface area contributed by atoms with Crippen LogP contribution in [-0.4, -0.2) is 57.3 Å². The normalized spacial score (nSPS) is 21.7. The second-order valence-corrected chi connectivity index (χ2v) is 10.2. The number of hydrogen-bond donors (Lipinski definition) is 2. The van der Waals surface area contributed by atoms with E-state index < -0.39 is 12.0 Å². The highest BCUT2D eigenvalue weighted by Crippen LogP contribution is 2.36. The fourth-order valence-electron chi connectivity index (χ4n) is 5.45. The molecule has 198 valence electrons. The summed E-state index contributed by atoms with van der Waals surface area (Å²) in [4.78, 5) is 27.9. The Morgan fingerprint density at radius 2 is 2.05 bits per heavy atom. The number of carbonyl (C=O) groups is 1. The fraction of sp³-hybridized carbons (Fsp3) is 0.464. The highest BCUT2D eigenvalue weighted by Gasteiger charge is 2.30. The number of amides is 1. The maximum atomic E-state index is 11.4. The zero-order valence-electron chi connectivity index (χ0n) is 21.8. The first-order chi connectivity index (χ1) is 18.3. The number of nitrogens with two attached hydrogens (primary N) is 1. The van der Waals surface area contributed by atoms with E-state index in [0.717, 1.165) is 54.8 Å². The van der Waals surface area contributed by atoms with E-state index in [2.05, 4.69) is 27.3 Å². The van der Waals surface area contributed by atoms with Gasteiger partial charge in [0.25, 0.3) is 5.90 Å². The molecule has 3 N–H and O–H groups in total. The van der Waals surface area contributed by atoms with Crippen molar-refractivity contribution in [2.24, 2.45) is 17.6 Å². The minimum atomic E-state index is -1.09. The third-order valence-corrected chi connectivity index (χ3v) is 7.43. The standard InChI is InChI=1S/C28H33N7O3/c1-4-19-8-10-20(11-9-19)15-35-23-22(21-7-5-6-17(2)14-21)31-26(24(29)38-27(30)36)32-25(23)33-28(35)34-12-13-37-16-18(34)3/h1,5-7,14,18-20,29H,8-13,15-16H2,2-3H3,(H2,30,36). The van der Waals surface area contributed by atoms with Crippen molar-refractivity contribution >= 4 is 29.1 Å². The van der Waals surface area contributed by atoms with Gasteiger partial charge in [0.05, 0.1) is 19.3 Å². The molecular formula is C28H33N7O3. The van der Waals surface area contributed by atoms with Gasteiger partial charge in [-0.05, 0) is 51.5 Å². The van der Waals surface area contributed by atoms with E-state index >= 15 is 0 Å². The number of ether oxygens (including phenoxy) is 2. The van der Waals surface area contributed by atoms with Crippen molar-refractivity contribution in [1.29, 1.82) is 5.41 Å². The van der Waals surface area contributed by atoms with Crippen molar-refractivity contribution < 1.29 is 14.3 Å². The third-order valence-electron chi connectivity index (χ3n) is 7.43. The average molecular weight is 516 g/mol. The molecule has 10 heteroatoms. The molecular weight excluding hydrogens is 482 g/mol. The fourth-order valence-corrected chi connectivity index (χ4v) is 5.45. The molecule has 0 bridgehead atoms. The van der Waals surface area contributed by atoms with Crippen LogP contribution in [0.15, 0.2) is 24.3 Å². The highest BCUT2D eigenvalue weighted by molar-refractivity contribution is 5.98. The molecule has 3 aromatic rings. The Morgan fingerprint density at radius 1 is 1.26 bits per heavy atom. The molecule has 1 saturated heterocycles. The number of terminal acetylenes is 1. The van der Waals surface area contributed by atoms with Crippen LogP contribution < -0.4 is 10.6 Å². The predicted molar refractivity (Wildman–Crippen MR) is 145 cm³/mol. The van der Waals surface area contributed by atoms with Gasteiger partial charge in [0.15, 0.2) is 5.65 Å². The summed E-state index contributed by atoms with van der Waals surface area (Å²) in [5, 5.41) is 8.24. The Hall–Kier alpha value is -3.97. The summed E-state index contributed by atoms with van der Waals surface area (Å²) < 4.78 is 12.8. The molecule has 3 heterocycles. The van der Waals surface area contributed by atoms with Crippen molar-refractivity contribution in [2.45, 2.75) is 52.1 Å². The van der Waals surface area contributed by atoms with Gasteiger partial charge in [0.1, 0.15) is 11.2 Å². The van der Waals surface area contributed by atoms with Crippen molar-refractivity contribution in [1.82, 2.24) is 19.5 Å². The van der Waals surface area contributed by atoms with Gasteiger partial charge in [-0.3, -0.25) is 5.41 Å². The monoisotopic (exact) mass is 515 g/mol. The summed E-state index contributed by atoms with van der Waals surface area (Å²) in [6.07, 6.45) is 8.74. The summed E-state index contributed by atoms with van der Waals surface area (Å²) in [7, 11) is 0. The molecule has 1 amide bonds. The number of morpholine rings is 1. The number of nitrogens with one attached hydrogen (secondary N) is 1. The molecule has 38 heavy (non-hydrogen) atoms. The van der Waals surface area contributed by atoms with Crippen LogP contribution in [0, 0.1) is 36.5 Å². The number of benzene rings is 1. The van der Waals surface area contributed by atoms with Crippen LogP contribution in [0.2, 0.25) is 0 Å². The van der Waals surface area contributed by atoms with Gasteiger partial charge >= 0.3 is 6.09 Å². The molecule has 1 aromatic carbocycles. The second-order valence-electron chi connectivity index (χ2n) is 10.2. The first-order valence-electron chi connectivity index (χ1n) is 13.1. The molecule has 1 saturated carbocycles.